The van der Waals surface area contributed by atoms with Gasteiger partial charge in [0.1, 0.15) is 11.6 Å². The predicted octanol–water partition coefficient (Wildman–Crippen LogP) is 5.76. The molecule has 1 heterocycles. The summed E-state index contributed by atoms with van der Waals surface area (Å²) in [5.74, 6) is 1.75. The van der Waals surface area contributed by atoms with Gasteiger partial charge in [0.05, 0.1) is 30.6 Å². The lowest BCUT2D eigenvalue weighted by Gasteiger charge is -2.43. The first kappa shape index (κ1) is 21.5. The number of benzene rings is 2. The molecule has 0 amide bonds. The van der Waals surface area contributed by atoms with Crippen molar-refractivity contribution < 1.29 is 4.74 Å². The number of methoxy groups -OCH3 is 1. The third-order valence-electron chi connectivity index (χ3n) is 6.80. The van der Waals surface area contributed by atoms with Gasteiger partial charge in [-0.2, -0.15) is 0 Å². The minimum absolute atomic E-state index is 0.105. The monoisotopic (exact) mass is 417 g/mol. The lowest BCUT2D eigenvalue weighted by Crippen LogP contribution is -2.47. The molecule has 2 aromatic carbocycles. The quantitative estimate of drug-likeness (QED) is 0.623. The Morgan fingerprint density at radius 2 is 1.81 bits per heavy atom. The summed E-state index contributed by atoms with van der Waals surface area (Å²) < 4.78 is 5.87. The fourth-order valence-electron chi connectivity index (χ4n) is 5.24. The van der Waals surface area contributed by atoms with Crippen LogP contribution in [0.4, 0.5) is 0 Å². The predicted molar refractivity (Wildman–Crippen MR) is 128 cm³/mol. The van der Waals surface area contributed by atoms with Gasteiger partial charge in [0, 0.05) is 5.56 Å². The highest BCUT2D eigenvalue weighted by molar-refractivity contribution is 6.08. The zero-order chi connectivity index (χ0) is 22.0. The molecule has 0 spiro atoms. The van der Waals surface area contributed by atoms with Gasteiger partial charge in [-0.3, -0.25) is 4.99 Å². The summed E-state index contributed by atoms with van der Waals surface area (Å²) in [6, 6.07) is 15.6. The molecule has 164 valence electrons. The second-order valence-electron chi connectivity index (χ2n) is 8.52. The lowest BCUT2D eigenvalue weighted by atomic mass is 9.91. The van der Waals surface area contributed by atoms with Gasteiger partial charge in [0.15, 0.2) is 0 Å². The molecule has 4 nitrogen and oxygen atoms in total. The van der Waals surface area contributed by atoms with Crippen molar-refractivity contribution in [3.05, 3.63) is 76.2 Å². The number of aryl methyl sites for hydroxylation is 2. The molecule has 0 fully saturated rings. The number of nitrogens with zero attached hydrogens (tertiary/aromatic N) is 2. The van der Waals surface area contributed by atoms with Crippen LogP contribution in [0.5, 0.6) is 5.75 Å². The van der Waals surface area contributed by atoms with Gasteiger partial charge in [-0.05, 0) is 67.3 Å². The third-order valence-corrected chi connectivity index (χ3v) is 6.80. The average Bonchev–Trinajstić information content (AvgIpc) is 3.27. The van der Waals surface area contributed by atoms with E-state index in [0.717, 1.165) is 60.6 Å². The summed E-state index contributed by atoms with van der Waals surface area (Å²) >= 11 is 0. The maximum absolute atomic E-state index is 6.78. The fourth-order valence-corrected chi connectivity index (χ4v) is 5.24. The Balaban J connectivity index is 1.86. The zero-order valence-corrected chi connectivity index (χ0v) is 19.3. The van der Waals surface area contributed by atoms with Crippen LogP contribution in [0.25, 0.3) is 0 Å². The van der Waals surface area contributed by atoms with Gasteiger partial charge in [0.25, 0.3) is 0 Å². The SMILES string of the molecule is CCC1=C(N)N(C(CC)c2ccccc2)C(CC)C(c2cc3c(cc2OC)CCC3)=N1. The first-order chi connectivity index (χ1) is 15.1. The molecule has 2 unspecified atom stereocenters. The summed E-state index contributed by atoms with van der Waals surface area (Å²) in [4.78, 5) is 7.57. The number of hydrogen-bond acceptors (Lipinski definition) is 4. The van der Waals surface area contributed by atoms with E-state index in [-0.39, 0.29) is 12.1 Å². The summed E-state index contributed by atoms with van der Waals surface area (Å²) in [5, 5.41) is 0. The molecule has 1 aliphatic heterocycles. The molecule has 2 aromatic rings. The molecule has 31 heavy (non-hydrogen) atoms. The highest BCUT2D eigenvalue weighted by atomic mass is 16.5. The molecule has 0 saturated heterocycles. The number of aliphatic imine (C=N–C) groups is 1. The van der Waals surface area contributed by atoms with Crippen molar-refractivity contribution in [1.82, 2.24) is 4.90 Å². The van der Waals surface area contributed by atoms with Crippen molar-refractivity contribution in [3.8, 4) is 5.75 Å². The molecular weight excluding hydrogens is 382 g/mol. The van der Waals surface area contributed by atoms with Gasteiger partial charge >= 0.3 is 0 Å². The highest BCUT2D eigenvalue weighted by Gasteiger charge is 2.36. The Labute approximate surface area is 186 Å². The second-order valence-corrected chi connectivity index (χ2v) is 8.52. The van der Waals surface area contributed by atoms with E-state index in [4.69, 9.17) is 15.5 Å². The van der Waals surface area contributed by atoms with Crippen LogP contribution in [0.1, 0.15) is 74.8 Å². The average molecular weight is 418 g/mol. The fraction of sp³-hybridized carbons (Fsp3) is 0.444. The summed E-state index contributed by atoms with van der Waals surface area (Å²) in [6.45, 7) is 6.61. The maximum atomic E-state index is 6.78. The van der Waals surface area contributed by atoms with Crippen LogP contribution < -0.4 is 10.5 Å². The Morgan fingerprint density at radius 3 is 2.42 bits per heavy atom. The number of hydrogen-bond donors (Lipinski definition) is 1. The normalized spacial score (nSPS) is 19.3. The molecule has 4 heteroatoms. The number of fused-ring (bicyclic) bond motifs is 1. The molecule has 2 atom stereocenters. The zero-order valence-electron chi connectivity index (χ0n) is 19.3. The molecule has 2 N–H and O–H groups in total. The maximum Gasteiger partial charge on any atom is 0.128 e. The molecule has 0 saturated carbocycles. The van der Waals surface area contributed by atoms with Crippen molar-refractivity contribution in [2.24, 2.45) is 10.7 Å². The van der Waals surface area contributed by atoms with Crippen molar-refractivity contribution in [1.29, 1.82) is 0 Å². The van der Waals surface area contributed by atoms with Crippen molar-refractivity contribution in [3.63, 3.8) is 0 Å². The van der Waals surface area contributed by atoms with Crippen LogP contribution in [0.2, 0.25) is 0 Å². The van der Waals surface area contributed by atoms with Gasteiger partial charge < -0.3 is 15.4 Å². The third kappa shape index (κ3) is 3.84. The van der Waals surface area contributed by atoms with Crippen LogP contribution in [0.15, 0.2) is 59.0 Å². The highest BCUT2D eigenvalue weighted by Crippen LogP contribution is 2.38. The van der Waals surface area contributed by atoms with Gasteiger partial charge in [-0.15, -0.1) is 0 Å². The first-order valence-corrected chi connectivity index (χ1v) is 11.7. The molecule has 2 aliphatic rings. The van der Waals surface area contributed by atoms with E-state index in [0.29, 0.717) is 0 Å². The van der Waals surface area contributed by atoms with Crippen LogP contribution in [0.3, 0.4) is 0 Å². The Bertz CT molecular complexity index is 993. The molecular formula is C27H35N3O. The summed E-state index contributed by atoms with van der Waals surface area (Å²) in [7, 11) is 1.77. The molecule has 1 aliphatic carbocycles. The van der Waals surface area contributed by atoms with E-state index in [1.54, 1.807) is 7.11 Å². The number of rotatable bonds is 7. The van der Waals surface area contributed by atoms with E-state index in [1.165, 1.54) is 23.1 Å². The Morgan fingerprint density at radius 1 is 1.10 bits per heavy atom. The topological polar surface area (TPSA) is 50.8 Å². The Hall–Kier alpha value is -2.75. The molecule has 0 bridgehead atoms. The molecule has 0 radical (unpaired) electrons. The van der Waals surface area contributed by atoms with Crippen LogP contribution in [-0.4, -0.2) is 23.8 Å². The van der Waals surface area contributed by atoms with Crippen molar-refractivity contribution in [2.45, 2.75) is 71.4 Å². The molecule has 0 aromatic heterocycles. The lowest BCUT2D eigenvalue weighted by molar-refractivity contribution is 0.205. The van der Waals surface area contributed by atoms with E-state index in [9.17, 15) is 0 Å². The smallest absolute Gasteiger partial charge is 0.128 e. The minimum Gasteiger partial charge on any atom is -0.496 e. The van der Waals surface area contributed by atoms with Gasteiger partial charge in [-0.1, -0.05) is 51.1 Å². The molecule has 4 rings (SSSR count). The number of ether oxygens (including phenoxy) is 1. The minimum atomic E-state index is 0.105. The first-order valence-electron chi connectivity index (χ1n) is 11.7. The summed E-state index contributed by atoms with van der Waals surface area (Å²) in [6.07, 6.45) is 6.21. The van der Waals surface area contributed by atoms with E-state index >= 15 is 0 Å². The Kier molecular flexibility index (Phi) is 6.35. The number of allylic oxidation sites excluding steroid dienone is 1. The van der Waals surface area contributed by atoms with Gasteiger partial charge in [-0.25, -0.2) is 0 Å². The standard InChI is InChI=1S/C27H35N3O/c1-5-22-27(28)30(23(6-2)18-12-9-8-10-13-18)24(7-3)26(29-22)21-16-19-14-11-15-20(19)17-25(21)31-4/h8-10,12-13,16-17,23-24H,5-7,11,14-15,28H2,1-4H3. The van der Waals surface area contributed by atoms with E-state index in [1.807, 2.05) is 0 Å². The van der Waals surface area contributed by atoms with Crippen molar-refractivity contribution in [2.75, 3.05) is 7.11 Å². The van der Waals surface area contributed by atoms with Crippen LogP contribution in [-0.2, 0) is 12.8 Å². The van der Waals surface area contributed by atoms with E-state index < -0.39 is 0 Å². The van der Waals surface area contributed by atoms with Crippen LogP contribution >= 0.6 is 0 Å². The second kappa shape index (κ2) is 9.17. The number of nitrogens with two attached hydrogens (primary N) is 1. The van der Waals surface area contributed by atoms with Gasteiger partial charge in [0.2, 0.25) is 0 Å². The van der Waals surface area contributed by atoms with Crippen LogP contribution in [0, 0.1) is 0 Å². The largest absolute Gasteiger partial charge is 0.496 e. The summed E-state index contributed by atoms with van der Waals surface area (Å²) in [5.41, 5.74) is 14.1. The van der Waals surface area contributed by atoms with E-state index in [2.05, 4.69) is 68.1 Å². The van der Waals surface area contributed by atoms with Crippen molar-refractivity contribution >= 4 is 5.71 Å².